The molecule has 0 spiro atoms. The van der Waals surface area contributed by atoms with Crippen molar-refractivity contribution >= 4 is 0 Å². The molecule has 2 aliphatic rings. The molecule has 6 nitrogen and oxygen atoms in total. The van der Waals surface area contributed by atoms with Gasteiger partial charge in [0, 0.05) is 25.6 Å². The molecule has 0 saturated carbocycles. The highest BCUT2D eigenvalue weighted by Gasteiger charge is 2.55. The van der Waals surface area contributed by atoms with Gasteiger partial charge in [0.2, 0.25) is 0 Å². The molecule has 2 aromatic rings. The van der Waals surface area contributed by atoms with Crippen LogP contribution < -0.4 is 5.73 Å². The summed E-state index contributed by atoms with van der Waals surface area (Å²) in [6.45, 7) is 1.99. The van der Waals surface area contributed by atoms with E-state index in [-0.39, 0.29) is 17.2 Å². The minimum atomic E-state index is -1.65. The molecule has 0 saturated heterocycles. The molecule has 0 fully saturated rings. The number of rotatable bonds is 3. The highest BCUT2D eigenvalue weighted by Crippen LogP contribution is 2.54. The number of benzene rings is 1. The van der Waals surface area contributed by atoms with Crippen molar-refractivity contribution in [3.8, 4) is 18.2 Å². The third-order valence-corrected chi connectivity index (χ3v) is 5.84. The number of nitriles is 3. The third kappa shape index (κ3) is 2.90. The van der Waals surface area contributed by atoms with Gasteiger partial charge in [-0.05, 0) is 23.3 Å². The van der Waals surface area contributed by atoms with E-state index in [2.05, 4.69) is 35.2 Å². The molecule has 1 aromatic carbocycles. The summed E-state index contributed by atoms with van der Waals surface area (Å²) in [4.78, 5) is 2.25. The number of fused-ring (bicyclic) bond motifs is 1. The smallest absolute Gasteiger partial charge is 0.194 e. The number of furan rings is 1. The van der Waals surface area contributed by atoms with E-state index in [0.717, 1.165) is 12.1 Å². The normalized spacial score (nSPS) is 23.3. The van der Waals surface area contributed by atoms with Gasteiger partial charge in [-0.25, -0.2) is 0 Å². The minimum Gasteiger partial charge on any atom is -0.469 e. The molecule has 29 heavy (non-hydrogen) atoms. The van der Waals surface area contributed by atoms with Gasteiger partial charge in [-0.2, -0.15) is 15.8 Å². The van der Waals surface area contributed by atoms with Crippen LogP contribution in [0.25, 0.3) is 0 Å². The van der Waals surface area contributed by atoms with Gasteiger partial charge in [-0.15, -0.1) is 0 Å². The number of nitrogens with two attached hydrogens (primary N) is 1. The first-order valence-electron chi connectivity index (χ1n) is 9.37. The Kier molecular flexibility index (Phi) is 4.69. The van der Waals surface area contributed by atoms with Crippen molar-refractivity contribution in [3.05, 3.63) is 83.0 Å². The van der Waals surface area contributed by atoms with Crippen LogP contribution in [-0.4, -0.2) is 18.0 Å². The first-order valence-corrected chi connectivity index (χ1v) is 9.37. The van der Waals surface area contributed by atoms with Crippen molar-refractivity contribution < 1.29 is 4.42 Å². The fourth-order valence-electron chi connectivity index (χ4n) is 4.48. The van der Waals surface area contributed by atoms with E-state index in [4.69, 9.17) is 10.2 Å². The zero-order chi connectivity index (χ0) is 20.4. The third-order valence-electron chi connectivity index (χ3n) is 5.84. The van der Waals surface area contributed by atoms with Crippen molar-refractivity contribution in [2.75, 3.05) is 13.1 Å². The van der Waals surface area contributed by atoms with Gasteiger partial charge in [-0.1, -0.05) is 36.4 Å². The number of hydrogen-bond acceptors (Lipinski definition) is 6. The molecule has 2 heterocycles. The molecule has 1 aliphatic heterocycles. The van der Waals surface area contributed by atoms with Gasteiger partial charge in [-0.3, -0.25) is 4.90 Å². The maximum atomic E-state index is 10.0. The SMILES string of the molecule is N#CC1=C(N)C(C#N)(C#N)[C@@H](c2ccco2)[C@H]2CN(Cc3ccccc3)CC=C12. The maximum Gasteiger partial charge on any atom is 0.194 e. The van der Waals surface area contributed by atoms with Crippen molar-refractivity contribution in [2.24, 2.45) is 17.1 Å². The lowest BCUT2D eigenvalue weighted by Crippen LogP contribution is -2.47. The molecule has 2 atom stereocenters. The topological polar surface area (TPSA) is 114 Å². The van der Waals surface area contributed by atoms with Crippen LogP contribution in [0.4, 0.5) is 0 Å². The van der Waals surface area contributed by atoms with Crippen LogP contribution >= 0.6 is 0 Å². The summed E-state index contributed by atoms with van der Waals surface area (Å²) >= 11 is 0. The molecule has 0 bridgehead atoms. The Bertz CT molecular complexity index is 1080. The fourth-order valence-corrected chi connectivity index (χ4v) is 4.48. The fraction of sp³-hybridized carbons (Fsp3) is 0.261. The lowest BCUT2D eigenvalue weighted by atomic mass is 9.59. The molecule has 2 N–H and O–H groups in total. The molecular formula is C23H19N5O. The molecule has 4 rings (SSSR count). The summed E-state index contributed by atoms with van der Waals surface area (Å²) in [6, 6.07) is 20.0. The highest BCUT2D eigenvalue weighted by atomic mass is 16.3. The number of hydrogen-bond donors (Lipinski definition) is 1. The largest absolute Gasteiger partial charge is 0.469 e. The van der Waals surface area contributed by atoms with E-state index in [1.807, 2.05) is 24.3 Å². The van der Waals surface area contributed by atoms with Crippen molar-refractivity contribution in [1.82, 2.24) is 4.90 Å². The van der Waals surface area contributed by atoms with Gasteiger partial charge in [0.1, 0.15) is 11.8 Å². The van der Waals surface area contributed by atoms with Crippen LogP contribution in [0, 0.1) is 45.3 Å². The van der Waals surface area contributed by atoms with Crippen LogP contribution in [0.5, 0.6) is 0 Å². The van der Waals surface area contributed by atoms with E-state index in [1.54, 1.807) is 12.1 Å². The number of nitrogens with zero attached hydrogens (tertiary/aromatic N) is 4. The first-order chi connectivity index (χ1) is 14.1. The summed E-state index contributed by atoms with van der Waals surface area (Å²) in [5, 5.41) is 29.8. The van der Waals surface area contributed by atoms with Crippen LogP contribution in [-0.2, 0) is 6.54 Å². The van der Waals surface area contributed by atoms with Gasteiger partial charge >= 0.3 is 0 Å². The maximum absolute atomic E-state index is 10.0. The first kappa shape index (κ1) is 18.6. The van der Waals surface area contributed by atoms with E-state index >= 15 is 0 Å². The zero-order valence-corrected chi connectivity index (χ0v) is 15.7. The van der Waals surface area contributed by atoms with Crippen molar-refractivity contribution in [2.45, 2.75) is 12.5 Å². The van der Waals surface area contributed by atoms with E-state index < -0.39 is 11.3 Å². The predicted molar refractivity (Wildman–Crippen MR) is 105 cm³/mol. The second-order valence-electron chi connectivity index (χ2n) is 7.37. The second-order valence-corrected chi connectivity index (χ2v) is 7.37. The summed E-state index contributed by atoms with van der Waals surface area (Å²) < 4.78 is 5.64. The Morgan fingerprint density at radius 2 is 1.86 bits per heavy atom. The molecular weight excluding hydrogens is 362 g/mol. The molecule has 1 aliphatic carbocycles. The van der Waals surface area contributed by atoms with Gasteiger partial charge in [0.05, 0.1) is 35.6 Å². The summed E-state index contributed by atoms with van der Waals surface area (Å²) in [6.07, 6.45) is 3.53. The van der Waals surface area contributed by atoms with Crippen LogP contribution in [0.15, 0.2) is 76.1 Å². The van der Waals surface area contributed by atoms with Gasteiger partial charge < -0.3 is 10.2 Å². The van der Waals surface area contributed by atoms with E-state index in [0.29, 0.717) is 18.8 Å². The molecule has 142 valence electrons. The Balaban J connectivity index is 1.82. The van der Waals surface area contributed by atoms with Crippen molar-refractivity contribution in [3.63, 3.8) is 0 Å². The Hall–Kier alpha value is -3.79. The average Bonchev–Trinajstić information content (AvgIpc) is 3.28. The van der Waals surface area contributed by atoms with Gasteiger partial charge in [0.25, 0.3) is 0 Å². The van der Waals surface area contributed by atoms with Crippen LogP contribution in [0.2, 0.25) is 0 Å². The van der Waals surface area contributed by atoms with E-state index in [9.17, 15) is 15.8 Å². The molecule has 1 aromatic heterocycles. The zero-order valence-electron chi connectivity index (χ0n) is 15.7. The Morgan fingerprint density at radius 1 is 1.10 bits per heavy atom. The molecule has 0 radical (unpaired) electrons. The summed E-state index contributed by atoms with van der Waals surface area (Å²) in [5.74, 6) is -0.306. The molecule has 0 amide bonds. The standard InChI is InChI=1S/C23H19N5O/c24-11-18-17-8-9-28(12-16-5-2-1-3-6-16)13-19(17)21(20-7-4-10-29-20)23(14-25,15-26)22(18)27/h1-8,10,19,21H,9,12-13,27H2/t19-,21+/m0/s1. The summed E-state index contributed by atoms with van der Waals surface area (Å²) in [5.41, 5.74) is 6.87. The second kappa shape index (κ2) is 7.32. The molecule has 6 heteroatoms. The minimum absolute atomic E-state index is 0.0189. The van der Waals surface area contributed by atoms with Crippen molar-refractivity contribution in [1.29, 1.82) is 15.8 Å². The molecule has 0 unspecified atom stereocenters. The van der Waals surface area contributed by atoms with Crippen LogP contribution in [0.1, 0.15) is 17.2 Å². The lowest BCUT2D eigenvalue weighted by molar-refractivity contribution is 0.188. The average molecular weight is 381 g/mol. The monoisotopic (exact) mass is 381 g/mol. The van der Waals surface area contributed by atoms with E-state index in [1.165, 1.54) is 11.8 Å². The highest BCUT2D eigenvalue weighted by molar-refractivity contribution is 5.58. The van der Waals surface area contributed by atoms with Gasteiger partial charge in [0.15, 0.2) is 5.41 Å². The van der Waals surface area contributed by atoms with Crippen LogP contribution in [0.3, 0.4) is 0 Å². The lowest BCUT2D eigenvalue weighted by Gasteiger charge is -2.44. The predicted octanol–water partition coefficient (Wildman–Crippen LogP) is 3.21. The Morgan fingerprint density at radius 3 is 2.48 bits per heavy atom. The number of allylic oxidation sites excluding steroid dienone is 2. The Labute approximate surface area is 169 Å². The summed E-state index contributed by atoms with van der Waals surface area (Å²) in [7, 11) is 0. The quantitative estimate of drug-likeness (QED) is 0.873.